The van der Waals surface area contributed by atoms with Crippen LogP contribution in [0.1, 0.15) is 33.6 Å². The Balaban J connectivity index is 1.83. The Labute approximate surface area is 181 Å². The first-order valence-corrected chi connectivity index (χ1v) is 11.7. The van der Waals surface area contributed by atoms with E-state index in [9.17, 15) is 19.5 Å². The SMILES string of the molecule is CCCC(C)N1CC=C[C@]23S[C@@H]4C=CCOC(=O)[C@@H]4[C@H]2C(=O)N([C@H](C)CO)C3C1=O. The van der Waals surface area contributed by atoms with Crippen molar-refractivity contribution in [2.45, 2.75) is 61.7 Å². The number of aliphatic hydroxyl groups excluding tert-OH is 1. The molecular weight excluding hydrogens is 404 g/mol. The molecule has 2 fully saturated rings. The van der Waals surface area contributed by atoms with Crippen molar-refractivity contribution in [1.82, 2.24) is 9.80 Å². The summed E-state index contributed by atoms with van der Waals surface area (Å²) >= 11 is 1.53. The lowest BCUT2D eigenvalue weighted by atomic mass is 9.78. The summed E-state index contributed by atoms with van der Waals surface area (Å²) in [5.41, 5.74) is 0. The van der Waals surface area contributed by atoms with Crippen LogP contribution in [0.3, 0.4) is 0 Å². The number of carbonyl (C=O) groups is 3. The van der Waals surface area contributed by atoms with Crippen LogP contribution in [0.15, 0.2) is 24.3 Å². The summed E-state index contributed by atoms with van der Waals surface area (Å²) in [6, 6.07) is -1.21. The molecule has 30 heavy (non-hydrogen) atoms. The van der Waals surface area contributed by atoms with Gasteiger partial charge in [0.25, 0.3) is 0 Å². The van der Waals surface area contributed by atoms with Crippen LogP contribution in [0.25, 0.3) is 0 Å². The van der Waals surface area contributed by atoms with Gasteiger partial charge in [0.05, 0.1) is 29.2 Å². The fourth-order valence-electron chi connectivity index (χ4n) is 5.46. The van der Waals surface area contributed by atoms with Crippen molar-refractivity contribution in [2.75, 3.05) is 19.8 Å². The zero-order valence-corrected chi connectivity index (χ0v) is 18.5. The minimum absolute atomic E-state index is 0.0458. The number of esters is 1. The Kier molecular flexibility index (Phi) is 5.74. The highest BCUT2D eigenvalue weighted by molar-refractivity contribution is 8.02. The Bertz CT molecular complexity index is 798. The molecular formula is C22H30N2O5S. The number of fused-ring (bicyclic) bond motifs is 2. The van der Waals surface area contributed by atoms with Gasteiger partial charge < -0.3 is 19.6 Å². The first-order valence-electron chi connectivity index (χ1n) is 10.8. The third-order valence-corrected chi connectivity index (χ3v) is 8.60. The summed E-state index contributed by atoms with van der Waals surface area (Å²) in [6.45, 7) is 6.32. The predicted molar refractivity (Wildman–Crippen MR) is 114 cm³/mol. The maximum Gasteiger partial charge on any atom is 0.311 e. The van der Waals surface area contributed by atoms with Crippen LogP contribution in [-0.2, 0) is 19.1 Å². The standard InChI is InChI=1S/C22H30N2O5S/c1-4-7-13(2)23-10-6-9-22-17(16-15(30-22)8-5-11-29-21(16)28)19(26)24(14(3)12-25)18(22)20(23)27/h5-6,8-9,13-18,25H,4,7,10-12H2,1-3H3/t13?,14-,15-,16+,17+,18?,22+/m1/s1. The molecule has 0 radical (unpaired) electrons. The zero-order valence-electron chi connectivity index (χ0n) is 17.7. The first-order chi connectivity index (χ1) is 14.4. The molecule has 4 aliphatic heterocycles. The molecule has 7 atom stereocenters. The van der Waals surface area contributed by atoms with Gasteiger partial charge in [-0.15, -0.1) is 11.8 Å². The monoisotopic (exact) mass is 434 g/mol. The number of cyclic esters (lactones) is 1. The summed E-state index contributed by atoms with van der Waals surface area (Å²) in [4.78, 5) is 43.8. The largest absolute Gasteiger partial charge is 0.461 e. The molecule has 4 aliphatic rings. The Hall–Kier alpha value is -1.80. The van der Waals surface area contributed by atoms with Crippen LogP contribution < -0.4 is 0 Å². The van der Waals surface area contributed by atoms with Crippen molar-refractivity contribution in [1.29, 1.82) is 0 Å². The molecule has 4 rings (SSSR count). The minimum atomic E-state index is -0.839. The van der Waals surface area contributed by atoms with E-state index in [1.54, 1.807) is 11.8 Å². The number of hydrogen-bond acceptors (Lipinski definition) is 6. The van der Waals surface area contributed by atoms with E-state index >= 15 is 0 Å². The number of rotatable bonds is 5. The maximum atomic E-state index is 13.9. The van der Waals surface area contributed by atoms with E-state index in [-0.39, 0.29) is 42.3 Å². The second kappa shape index (κ2) is 8.04. The Morgan fingerprint density at radius 3 is 2.70 bits per heavy atom. The average molecular weight is 435 g/mol. The zero-order chi connectivity index (χ0) is 21.6. The van der Waals surface area contributed by atoms with Crippen molar-refractivity contribution < 1.29 is 24.2 Å². The van der Waals surface area contributed by atoms with Gasteiger partial charge in [-0.25, -0.2) is 0 Å². The molecule has 2 saturated heterocycles. The molecule has 0 aromatic rings. The van der Waals surface area contributed by atoms with E-state index in [0.717, 1.165) is 12.8 Å². The van der Waals surface area contributed by atoms with Crippen LogP contribution in [0.5, 0.6) is 0 Å². The summed E-state index contributed by atoms with van der Waals surface area (Å²) in [6.07, 6.45) is 9.56. The molecule has 164 valence electrons. The third-order valence-electron chi connectivity index (χ3n) is 6.86. The summed E-state index contributed by atoms with van der Waals surface area (Å²) in [5, 5.41) is 9.65. The van der Waals surface area contributed by atoms with Crippen molar-refractivity contribution in [2.24, 2.45) is 11.8 Å². The lowest BCUT2D eigenvalue weighted by Gasteiger charge is -2.39. The van der Waals surface area contributed by atoms with E-state index in [1.807, 2.05) is 36.1 Å². The van der Waals surface area contributed by atoms with Gasteiger partial charge in [0.2, 0.25) is 11.8 Å². The van der Waals surface area contributed by atoms with Crippen molar-refractivity contribution in [3.05, 3.63) is 24.3 Å². The van der Waals surface area contributed by atoms with Gasteiger partial charge in [-0.2, -0.15) is 0 Å². The fraction of sp³-hybridized carbons (Fsp3) is 0.682. The van der Waals surface area contributed by atoms with Gasteiger partial charge in [-0.1, -0.05) is 37.6 Å². The second-order valence-corrected chi connectivity index (χ2v) is 10.2. The van der Waals surface area contributed by atoms with E-state index in [0.29, 0.717) is 6.54 Å². The lowest BCUT2D eigenvalue weighted by molar-refractivity contribution is -0.152. The van der Waals surface area contributed by atoms with Crippen LogP contribution in [0.4, 0.5) is 0 Å². The quantitative estimate of drug-likeness (QED) is 0.519. The normalized spacial score (nSPS) is 37.3. The molecule has 0 aliphatic carbocycles. The molecule has 8 heteroatoms. The number of thioether (sulfide) groups is 1. The van der Waals surface area contributed by atoms with Crippen molar-refractivity contribution >= 4 is 29.5 Å². The van der Waals surface area contributed by atoms with E-state index in [1.165, 1.54) is 11.8 Å². The van der Waals surface area contributed by atoms with E-state index < -0.39 is 28.7 Å². The molecule has 0 aromatic carbocycles. The Morgan fingerprint density at radius 1 is 1.23 bits per heavy atom. The summed E-state index contributed by atoms with van der Waals surface area (Å²) in [7, 11) is 0. The Morgan fingerprint density at radius 2 is 2.00 bits per heavy atom. The van der Waals surface area contributed by atoms with E-state index in [4.69, 9.17) is 4.74 Å². The number of aliphatic hydroxyl groups is 1. The van der Waals surface area contributed by atoms with Gasteiger partial charge in [0.15, 0.2) is 0 Å². The molecule has 7 nitrogen and oxygen atoms in total. The van der Waals surface area contributed by atoms with Gasteiger partial charge in [0, 0.05) is 17.8 Å². The number of likely N-dealkylation sites (tertiary alicyclic amines) is 1. The van der Waals surface area contributed by atoms with Crippen LogP contribution >= 0.6 is 11.8 Å². The van der Waals surface area contributed by atoms with E-state index in [2.05, 4.69) is 6.92 Å². The molecule has 4 heterocycles. The number of nitrogens with zero attached hydrogens (tertiary/aromatic N) is 2. The third kappa shape index (κ3) is 3.02. The minimum Gasteiger partial charge on any atom is -0.461 e. The molecule has 2 amide bonds. The molecule has 1 spiro atoms. The number of ether oxygens (including phenoxy) is 1. The summed E-state index contributed by atoms with van der Waals surface area (Å²) < 4.78 is 4.50. The highest BCUT2D eigenvalue weighted by Gasteiger charge is 2.71. The van der Waals surface area contributed by atoms with Crippen molar-refractivity contribution in [3.63, 3.8) is 0 Å². The topological polar surface area (TPSA) is 87.2 Å². The van der Waals surface area contributed by atoms with Gasteiger partial charge in [-0.3, -0.25) is 14.4 Å². The summed E-state index contributed by atoms with van der Waals surface area (Å²) in [5.74, 6) is -2.03. The highest BCUT2D eigenvalue weighted by atomic mass is 32.2. The molecule has 1 N–H and O–H groups in total. The van der Waals surface area contributed by atoms with Gasteiger partial charge in [-0.05, 0) is 20.3 Å². The average Bonchev–Trinajstić information content (AvgIpc) is 3.02. The number of carbonyl (C=O) groups excluding carboxylic acids is 3. The second-order valence-electron chi connectivity index (χ2n) is 8.71. The molecule has 0 aromatic heterocycles. The maximum absolute atomic E-state index is 13.9. The fourth-order valence-corrected chi connectivity index (χ4v) is 7.45. The lowest BCUT2D eigenvalue weighted by Crippen LogP contribution is -2.57. The van der Waals surface area contributed by atoms with Crippen molar-refractivity contribution in [3.8, 4) is 0 Å². The smallest absolute Gasteiger partial charge is 0.311 e. The van der Waals surface area contributed by atoms with Crippen LogP contribution in [0.2, 0.25) is 0 Å². The first kappa shape index (κ1) is 21.4. The predicted octanol–water partition coefficient (Wildman–Crippen LogP) is 1.36. The van der Waals surface area contributed by atoms with Gasteiger partial charge in [0.1, 0.15) is 12.6 Å². The number of hydrogen-bond donors (Lipinski definition) is 1. The molecule has 2 unspecified atom stereocenters. The molecule has 0 bridgehead atoms. The highest BCUT2D eigenvalue weighted by Crippen LogP contribution is 2.61. The van der Waals surface area contributed by atoms with Crippen LogP contribution in [0, 0.1) is 11.8 Å². The van der Waals surface area contributed by atoms with Crippen LogP contribution in [-0.4, -0.2) is 80.6 Å². The number of amides is 2. The van der Waals surface area contributed by atoms with Gasteiger partial charge >= 0.3 is 5.97 Å². The molecule has 0 saturated carbocycles.